The molecule has 22 heavy (non-hydrogen) atoms. The minimum Gasteiger partial charge on any atom is -0.349 e. The normalized spacial score (nSPS) is 20.8. The maximum absolute atomic E-state index is 12.4. The van der Waals surface area contributed by atoms with E-state index in [-0.39, 0.29) is 17.6 Å². The summed E-state index contributed by atoms with van der Waals surface area (Å²) in [5.74, 6) is 0.461. The van der Waals surface area contributed by atoms with Crippen molar-refractivity contribution >= 4 is 11.6 Å². The number of nitro groups is 1. The molecule has 1 amide bonds. The Balaban J connectivity index is 2.04. The summed E-state index contributed by atoms with van der Waals surface area (Å²) in [4.78, 5) is 22.8. The highest BCUT2D eigenvalue weighted by Gasteiger charge is 2.28. The summed E-state index contributed by atoms with van der Waals surface area (Å²) < 4.78 is 0. The number of non-ortho nitro benzene ring substituents is 1. The molecular formula is C17H24N2O3. The Kier molecular flexibility index (Phi) is 5.52. The van der Waals surface area contributed by atoms with Gasteiger partial charge in [0, 0.05) is 23.7 Å². The quantitative estimate of drug-likeness (QED) is 0.638. The molecule has 1 saturated carbocycles. The van der Waals surface area contributed by atoms with E-state index in [9.17, 15) is 14.9 Å². The third-order valence-electron chi connectivity index (χ3n) is 4.57. The van der Waals surface area contributed by atoms with Crippen LogP contribution in [0.3, 0.4) is 0 Å². The molecule has 2 unspecified atom stereocenters. The number of hydrogen-bond donors (Lipinski definition) is 1. The van der Waals surface area contributed by atoms with E-state index in [1.54, 1.807) is 13.0 Å². The maximum atomic E-state index is 12.4. The predicted molar refractivity (Wildman–Crippen MR) is 86.0 cm³/mol. The fourth-order valence-electron chi connectivity index (χ4n) is 3.30. The van der Waals surface area contributed by atoms with Crippen LogP contribution in [0.5, 0.6) is 0 Å². The zero-order valence-electron chi connectivity index (χ0n) is 13.3. The Morgan fingerprint density at radius 1 is 1.41 bits per heavy atom. The smallest absolute Gasteiger partial charge is 0.269 e. The zero-order valence-corrected chi connectivity index (χ0v) is 13.3. The van der Waals surface area contributed by atoms with Gasteiger partial charge in [-0.05, 0) is 43.7 Å². The van der Waals surface area contributed by atoms with E-state index in [0.717, 1.165) is 6.42 Å². The van der Waals surface area contributed by atoms with Crippen LogP contribution in [0.1, 0.15) is 61.4 Å². The molecule has 0 saturated heterocycles. The molecule has 0 aliphatic heterocycles. The Labute approximate surface area is 131 Å². The van der Waals surface area contributed by atoms with Crippen molar-refractivity contribution in [1.29, 1.82) is 0 Å². The molecule has 0 radical (unpaired) electrons. The van der Waals surface area contributed by atoms with Crippen LogP contribution in [-0.4, -0.2) is 16.9 Å². The van der Waals surface area contributed by atoms with Gasteiger partial charge in [0.25, 0.3) is 11.6 Å². The van der Waals surface area contributed by atoms with Crippen LogP contribution in [0.2, 0.25) is 0 Å². The van der Waals surface area contributed by atoms with Gasteiger partial charge in [-0.15, -0.1) is 0 Å². The van der Waals surface area contributed by atoms with Gasteiger partial charge < -0.3 is 5.32 Å². The van der Waals surface area contributed by atoms with Crippen molar-refractivity contribution in [3.63, 3.8) is 0 Å². The van der Waals surface area contributed by atoms with Crippen LogP contribution in [-0.2, 0) is 0 Å². The lowest BCUT2D eigenvalue weighted by atomic mass is 9.96. The largest absolute Gasteiger partial charge is 0.349 e. The van der Waals surface area contributed by atoms with Gasteiger partial charge in [-0.3, -0.25) is 14.9 Å². The standard InChI is InChI=1S/C17H24N2O3/c1-3-4-6-13-7-5-8-16(13)18-17(20)15-10-9-14(19(21)22)11-12(15)2/h9-11,13,16H,3-8H2,1-2H3,(H,18,20). The van der Waals surface area contributed by atoms with Crippen molar-refractivity contribution in [2.75, 3.05) is 0 Å². The molecule has 5 heteroatoms. The number of nitro benzene ring substituents is 1. The van der Waals surface area contributed by atoms with Crippen LogP contribution in [0.25, 0.3) is 0 Å². The van der Waals surface area contributed by atoms with Crippen LogP contribution in [0, 0.1) is 23.0 Å². The lowest BCUT2D eigenvalue weighted by Gasteiger charge is -2.21. The second kappa shape index (κ2) is 7.38. The van der Waals surface area contributed by atoms with Crippen molar-refractivity contribution in [2.45, 2.75) is 58.4 Å². The summed E-state index contributed by atoms with van der Waals surface area (Å²) in [6, 6.07) is 4.65. The number of rotatable bonds is 6. The monoisotopic (exact) mass is 304 g/mol. The molecule has 0 bridgehead atoms. The van der Waals surface area contributed by atoms with Gasteiger partial charge in [0.05, 0.1) is 4.92 Å². The van der Waals surface area contributed by atoms with Crippen molar-refractivity contribution in [3.8, 4) is 0 Å². The van der Waals surface area contributed by atoms with Gasteiger partial charge in [0.15, 0.2) is 0 Å². The van der Waals surface area contributed by atoms with E-state index >= 15 is 0 Å². The molecule has 1 aliphatic carbocycles. The van der Waals surface area contributed by atoms with Gasteiger partial charge in [0.1, 0.15) is 0 Å². The summed E-state index contributed by atoms with van der Waals surface area (Å²) in [6.07, 6.45) is 6.93. The summed E-state index contributed by atoms with van der Waals surface area (Å²) in [6.45, 7) is 3.92. The van der Waals surface area contributed by atoms with Gasteiger partial charge in [-0.2, -0.15) is 0 Å². The van der Waals surface area contributed by atoms with Gasteiger partial charge >= 0.3 is 0 Å². The number of hydrogen-bond acceptors (Lipinski definition) is 3. The molecule has 1 aromatic carbocycles. The van der Waals surface area contributed by atoms with E-state index in [1.807, 2.05) is 0 Å². The number of aryl methyl sites for hydroxylation is 1. The highest BCUT2D eigenvalue weighted by molar-refractivity contribution is 5.96. The van der Waals surface area contributed by atoms with Gasteiger partial charge in [0.2, 0.25) is 0 Å². The van der Waals surface area contributed by atoms with Gasteiger partial charge in [-0.1, -0.05) is 26.2 Å². The summed E-state index contributed by atoms with van der Waals surface area (Å²) in [7, 11) is 0. The fourth-order valence-corrected chi connectivity index (χ4v) is 3.30. The number of carbonyl (C=O) groups is 1. The highest BCUT2D eigenvalue weighted by Crippen LogP contribution is 2.30. The Bertz CT molecular complexity index is 557. The molecule has 2 atom stereocenters. The molecule has 1 aromatic rings. The first kappa shape index (κ1) is 16.5. The molecule has 0 heterocycles. The number of nitrogens with one attached hydrogen (secondary N) is 1. The fraction of sp³-hybridized carbons (Fsp3) is 0.588. The second-order valence-corrected chi connectivity index (χ2v) is 6.17. The van der Waals surface area contributed by atoms with Crippen LogP contribution in [0.15, 0.2) is 18.2 Å². The first-order valence-corrected chi connectivity index (χ1v) is 8.08. The van der Waals surface area contributed by atoms with Crippen LogP contribution in [0.4, 0.5) is 5.69 Å². The Morgan fingerprint density at radius 2 is 2.18 bits per heavy atom. The summed E-state index contributed by atoms with van der Waals surface area (Å²) >= 11 is 0. The molecule has 2 rings (SSSR count). The summed E-state index contributed by atoms with van der Waals surface area (Å²) in [5.41, 5.74) is 1.21. The molecule has 5 nitrogen and oxygen atoms in total. The SMILES string of the molecule is CCCCC1CCCC1NC(=O)c1ccc([N+](=O)[O-])cc1C. The molecule has 1 N–H and O–H groups in total. The zero-order chi connectivity index (χ0) is 16.1. The average Bonchev–Trinajstić information content (AvgIpc) is 2.91. The number of benzene rings is 1. The van der Waals surface area contributed by atoms with Crippen molar-refractivity contribution in [1.82, 2.24) is 5.32 Å². The Hall–Kier alpha value is -1.91. The lowest BCUT2D eigenvalue weighted by molar-refractivity contribution is -0.384. The summed E-state index contributed by atoms with van der Waals surface area (Å²) in [5, 5.41) is 13.9. The number of unbranched alkanes of at least 4 members (excludes halogenated alkanes) is 1. The third-order valence-corrected chi connectivity index (χ3v) is 4.57. The van der Waals surface area contributed by atoms with Crippen LogP contribution < -0.4 is 5.32 Å². The van der Waals surface area contributed by atoms with E-state index in [0.29, 0.717) is 17.0 Å². The number of carbonyl (C=O) groups excluding carboxylic acids is 1. The molecule has 1 fully saturated rings. The minimum absolute atomic E-state index is 0.0238. The first-order valence-electron chi connectivity index (χ1n) is 8.08. The van der Waals surface area contributed by atoms with Crippen LogP contribution >= 0.6 is 0 Å². The molecular weight excluding hydrogens is 280 g/mol. The minimum atomic E-state index is -0.438. The van der Waals surface area contributed by atoms with Gasteiger partial charge in [-0.25, -0.2) is 0 Å². The van der Waals surface area contributed by atoms with Crippen molar-refractivity contribution in [3.05, 3.63) is 39.4 Å². The molecule has 0 aromatic heterocycles. The van der Waals surface area contributed by atoms with E-state index in [4.69, 9.17) is 0 Å². The molecule has 120 valence electrons. The number of amides is 1. The topological polar surface area (TPSA) is 72.2 Å². The predicted octanol–water partition coefficient (Wildman–Crippen LogP) is 3.99. The highest BCUT2D eigenvalue weighted by atomic mass is 16.6. The molecule has 1 aliphatic rings. The van der Waals surface area contributed by atoms with E-state index in [2.05, 4.69) is 12.2 Å². The van der Waals surface area contributed by atoms with Crippen molar-refractivity contribution in [2.24, 2.45) is 5.92 Å². The average molecular weight is 304 g/mol. The second-order valence-electron chi connectivity index (χ2n) is 6.17. The van der Waals surface area contributed by atoms with Crippen molar-refractivity contribution < 1.29 is 9.72 Å². The molecule has 0 spiro atoms. The first-order chi connectivity index (χ1) is 10.5. The lowest BCUT2D eigenvalue weighted by Crippen LogP contribution is -2.37. The Morgan fingerprint density at radius 3 is 2.82 bits per heavy atom. The maximum Gasteiger partial charge on any atom is 0.269 e. The third kappa shape index (κ3) is 3.84. The number of nitrogens with zero attached hydrogens (tertiary/aromatic N) is 1. The van der Waals surface area contributed by atoms with E-state index < -0.39 is 4.92 Å². The van der Waals surface area contributed by atoms with E-state index in [1.165, 1.54) is 44.2 Å².